The Balaban J connectivity index is 3.93. The Labute approximate surface area is 79.3 Å². The van der Waals surface area contributed by atoms with Gasteiger partial charge in [0.25, 0.3) is 0 Å². The van der Waals surface area contributed by atoms with Crippen molar-refractivity contribution in [2.75, 3.05) is 0 Å². The highest BCUT2D eigenvalue weighted by molar-refractivity contribution is 5.95. The molecule has 0 fully saturated rings. The average molecular weight is 179 g/mol. The van der Waals surface area contributed by atoms with Crippen molar-refractivity contribution >= 4 is 12.1 Å². The fourth-order valence-corrected chi connectivity index (χ4v) is 0.825. The largest absolute Gasteiger partial charge is 0.294 e. The van der Waals surface area contributed by atoms with Crippen molar-refractivity contribution in [3.8, 4) is 0 Å². The molecule has 2 heteroatoms. The van der Waals surface area contributed by atoms with Gasteiger partial charge in [0, 0.05) is 12.0 Å². The van der Waals surface area contributed by atoms with Gasteiger partial charge in [0.05, 0.1) is 0 Å². The van der Waals surface area contributed by atoms with Crippen molar-refractivity contribution < 1.29 is 9.59 Å². The van der Waals surface area contributed by atoms with E-state index in [0.29, 0.717) is 5.57 Å². The lowest BCUT2D eigenvalue weighted by Gasteiger charge is -1.92. The van der Waals surface area contributed by atoms with E-state index in [0.717, 1.165) is 12.8 Å². The monoisotopic (exact) mass is 179 g/mol. The summed E-state index contributed by atoms with van der Waals surface area (Å²) in [7, 11) is 0. The Bertz CT molecular complexity index is 224. The highest BCUT2D eigenvalue weighted by Gasteiger charge is 2.00. The predicted octanol–water partition coefficient (Wildman–Crippen LogP) is 2.36. The van der Waals surface area contributed by atoms with Gasteiger partial charge in [-0.15, -0.1) is 0 Å². The second kappa shape index (κ2) is 7.47. The van der Waals surface area contributed by atoms with Gasteiger partial charge in [-0.25, -0.2) is 0 Å². The standard InChI is InChI=1S/C11H15O2/c1-3-5-6-7-11(13)8-10(4-2)9-12/h4,6-7H,3,5,8H2,1-2H3/b7-6?,10-4-. The number of carbonyl (C=O) groups is 1. The molecular weight excluding hydrogens is 164 g/mol. The van der Waals surface area contributed by atoms with Crippen LogP contribution in [0.5, 0.6) is 0 Å². The maximum atomic E-state index is 11.1. The number of allylic oxidation sites excluding steroid dienone is 4. The van der Waals surface area contributed by atoms with Crippen molar-refractivity contribution in [2.45, 2.75) is 33.1 Å². The summed E-state index contributed by atoms with van der Waals surface area (Å²) < 4.78 is 0. The van der Waals surface area contributed by atoms with Crippen molar-refractivity contribution in [1.29, 1.82) is 0 Å². The fraction of sp³-hybridized carbons (Fsp3) is 0.455. The van der Waals surface area contributed by atoms with Crippen molar-refractivity contribution in [3.05, 3.63) is 23.8 Å². The topological polar surface area (TPSA) is 34.1 Å². The summed E-state index contributed by atoms with van der Waals surface area (Å²) >= 11 is 0. The summed E-state index contributed by atoms with van der Waals surface area (Å²) in [5.41, 5.74) is 0.422. The molecule has 0 rings (SSSR count). The lowest BCUT2D eigenvalue weighted by atomic mass is 10.1. The Morgan fingerprint density at radius 2 is 2.15 bits per heavy atom. The van der Waals surface area contributed by atoms with Crippen LogP contribution < -0.4 is 0 Å². The summed E-state index contributed by atoms with van der Waals surface area (Å²) in [5, 5.41) is 0. The van der Waals surface area contributed by atoms with Gasteiger partial charge in [-0.3, -0.25) is 9.59 Å². The van der Waals surface area contributed by atoms with E-state index >= 15 is 0 Å². The lowest BCUT2D eigenvalue weighted by Crippen LogP contribution is -1.96. The van der Waals surface area contributed by atoms with Gasteiger partial charge in [-0.2, -0.15) is 0 Å². The zero-order valence-electron chi connectivity index (χ0n) is 8.17. The van der Waals surface area contributed by atoms with Gasteiger partial charge < -0.3 is 0 Å². The smallest absolute Gasteiger partial charge is 0.229 e. The Morgan fingerprint density at radius 1 is 1.46 bits per heavy atom. The van der Waals surface area contributed by atoms with Gasteiger partial charge in [0.15, 0.2) is 5.78 Å². The number of hydrogen-bond donors (Lipinski definition) is 0. The molecule has 0 unspecified atom stereocenters. The Hall–Kier alpha value is -1.18. The minimum Gasteiger partial charge on any atom is -0.294 e. The molecule has 1 radical (unpaired) electrons. The molecule has 0 aliphatic heterocycles. The SMILES string of the molecule is C/C=C(\[C]=O)CC(=O)C=CCCC. The molecule has 0 bridgehead atoms. The van der Waals surface area contributed by atoms with Gasteiger partial charge >= 0.3 is 0 Å². The molecule has 0 atom stereocenters. The van der Waals surface area contributed by atoms with Crippen LogP contribution in [0.3, 0.4) is 0 Å². The summed E-state index contributed by atoms with van der Waals surface area (Å²) in [4.78, 5) is 21.4. The molecule has 0 N–H and O–H groups in total. The third-order valence-corrected chi connectivity index (χ3v) is 1.60. The van der Waals surface area contributed by atoms with Gasteiger partial charge in [-0.1, -0.05) is 25.5 Å². The van der Waals surface area contributed by atoms with Crippen LogP contribution in [-0.2, 0) is 9.59 Å². The van der Waals surface area contributed by atoms with Crippen LogP contribution in [0.2, 0.25) is 0 Å². The maximum Gasteiger partial charge on any atom is 0.229 e. The van der Waals surface area contributed by atoms with Crippen LogP contribution >= 0.6 is 0 Å². The summed E-state index contributed by atoms with van der Waals surface area (Å²) in [5.74, 6) is -0.0371. The van der Waals surface area contributed by atoms with Crippen LogP contribution in [0.25, 0.3) is 0 Å². The molecule has 0 aromatic carbocycles. The Morgan fingerprint density at radius 3 is 2.62 bits per heavy atom. The van der Waals surface area contributed by atoms with Gasteiger partial charge in [0.1, 0.15) is 0 Å². The number of unbranched alkanes of at least 4 members (excludes halogenated alkanes) is 1. The highest BCUT2D eigenvalue weighted by atomic mass is 16.1. The van der Waals surface area contributed by atoms with E-state index in [1.54, 1.807) is 19.3 Å². The van der Waals surface area contributed by atoms with E-state index in [-0.39, 0.29) is 12.2 Å². The quantitative estimate of drug-likeness (QED) is 0.586. The first-order valence-electron chi connectivity index (χ1n) is 4.47. The molecule has 0 aromatic rings. The first-order chi connectivity index (χ1) is 6.24. The second-order valence-electron chi connectivity index (χ2n) is 2.75. The van der Waals surface area contributed by atoms with Crippen molar-refractivity contribution in [2.24, 2.45) is 0 Å². The molecule has 0 amide bonds. The zero-order valence-corrected chi connectivity index (χ0v) is 8.17. The number of carbonyl (C=O) groups excluding carboxylic acids is 2. The Kier molecular flexibility index (Phi) is 6.79. The third kappa shape index (κ3) is 6.02. The summed E-state index contributed by atoms with van der Waals surface area (Å²) in [6.45, 7) is 3.77. The summed E-state index contributed by atoms with van der Waals surface area (Å²) in [6, 6.07) is 0. The molecule has 0 heterocycles. The molecule has 0 aromatic heterocycles. The van der Waals surface area contributed by atoms with Crippen LogP contribution in [0.4, 0.5) is 0 Å². The van der Waals surface area contributed by atoms with E-state index in [9.17, 15) is 9.59 Å². The number of rotatable bonds is 6. The van der Waals surface area contributed by atoms with Gasteiger partial charge in [0.2, 0.25) is 6.29 Å². The van der Waals surface area contributed by atoms with Crippen LogP contribution in [0.1, 0.15) is 33.1 Å². The average Bonchev–Trinajstić information content (AvgIpc) is 2.14. The van der Waals surface area contributed by atoms with Crippen LogP contribution in [0, 0.1) is 0 Å². The molecular formula is C11H15O2. The molecule has 71 valence electrons. The fourth-order valence-electron chi connectivity index (χ4n) is 0.825. The number of ketones is 1. The summed E-state index contributed by atoms with van der Waals surface area (Å²) in [6.07, 6.45) is 8.80. The highest BCUT2D eigenvalue weighted by Crippen LogP contribution is 2.00. The van der Waals surface area contributed by atoms with E-state index < -0.39 is 0 Å². The minimum absolute atomic E-state index is 0.0371. The van der Waals surface area contributed by atoms with Crippen LogP contribution in [-0.4, -0.2) is 12.1 Å². The molecule has 2 nitrogen and oxygen atoms in total. The van der Waals surface area contributed by atoms with Crippen LogP contribution in [0.15, 0.2) is 23.8 Å². The predicted molar refractivity (Wildman–Crippen MR) is 53.1 cm³/mol. The minimum atomic E-state index is -0.0371. The zero-order chi connectivity index (χ0) is 10.1. The maximum absolute atomic E-state index is 11.1. The van der Waals surface area contributed by atoms with E-state index in [4.69, 9.17) is 0 Å². The first-order valence-corrected chi connectivity index (χ1v) is 4.47. The number of hydrogen-bond acceptors (Lipinski definition) is 2. The molecule has 0 saturated heterocycles. The molecule has 0 aliphatic carbocycles. The second-order valence-corrected chi connectivity index (χ2v) is 2.75. The van der Waals surface area contributed by atoms with Crippen molar-refractivity contribution in [3.63, 3.8) is 0 Å². The lowest BCUT2D eigenvalue weighted by molar-refractivity contribution is -0.113. The van der Waals surface area contributed by atoms with E-state index in [2.05, 4.69) is 0 Å². The van der Waals surface area contributed by atoms with E-state index in [1.807, 2.05) is 13.0 Å². The third-order valence-electron chi connectivity index (χ3n) is 1.60. The normalized spacial score (nSPS) is 12.0. The van der Waals surface area contributed by atoms with E-state index in [1.165, 1.54) is 6.08 Å². The molecule has 0 saturated carbocycles. The van der Waals surface area contributed by atoms with Gasteiger partial charge in [-0.05, 0) is 19.4 Å². The van der Waals surface area contributed by atoms with Crippen molar-refractivity contribution in [1.82, 2.24) is 0 Å². The first kappa shape index (κ1) is 11.8. The molecule has 13 heavy (non-hydrogen) atoms. The molecule has 0 spiro atoms. The molecule has 0 aliphatic rings.